The van der Waals surface area contributed by atoms with Gasteiger partial charge in [0.1, 0.15) is 0 Å². The summed E-state index contributed by atoms with van der Waals surface area (Å²) < 4.78 is 5.17. The summed E-state index contributed by atoms with van der Waals surface area (Å²) in [5.41, 5.74) is 0.889. The fraction of sp³-hybridized carbons (Fsp3) is 0.111. The van der Waals surface area contributed by atoms with E-state index in [1.54, 1.807) is 13.2 Å². The first kappa shape index (κ1) is 8.78. The molecule has 2 nitrogen and oxygen atoms in total. The highest BCUT2D eigenvalue weighted by Gasteiger charge is 2.09. The van der Waals surface area contributed by atoms with Crippen LogP contribution in [0.15, 0.2) is 23.2 Å². The number of hydrogen-bond donors (Lipinski definition) is 2. The fourth-order valence-corrected chi connectivity index (χ4v) is 1.82. The van der Waals surface area contributed by atoms with Crippen molar-refractivity contribution in [2.45, 2.75) is 4.90 Å². The second kappa shape index (κ2) is 3.16. The van der Waals surface area contributed by atoms with E-state index in [0.29, 0.717) is 10.8 Å². The smallest absolute Gasteiger partial charge is 0.161 e. The predicted octanol–water partition coefficient (Wildman–Crippen LogP) is 3.12. The molecule has 0 saturated carbocycles. The summed E-state index contributed by atoms with van der Waals surface area (Å²) in [5.74, 6) is 0.666. The maximum Gasteiger partial charge on any atom is 0.161 e. The molecule has 1 N–H and O–H groups in total. The lowest BCUT2D eigenvalue weighted by Crippen LogP contribution is -1.85. The normalized spacial score (nSPS) is 10.7. The van der Waals surface area contributed by atoms with Gasteiger partial charge in [0.05, 0.1) is 17.6 Å². The van der Waals surface area contributed by atoms with Crippen LogP contribution in [0.5, 0.6) is 5.75 Å². The minimum absolute atomic E-state index is 0.602. The Labute approximate surface area is 86.3 Å². The summed E-state index contributed by atoms with van der Waals surface area (Å²) in [6.45, 7) is 0. The van der Waals surface area contributed by atoms with Crippen molar-refractivity contribution in [3.05, 3.63) is 23.4 Å². The van der Waals surface area contributed by atoms with Crippen molar-refractivity contribution in [2.24, 2.45) is 0 Å². The van der Waals surface area contributed by atoms with Crippen molar-refractivity contribution in [1.82, 2.24) is 4.98 Å². The maximum atomic E-state index is 5.94. The van der Waals surface area contributed by atoms with Crippen molar-refractivity contribution in [1.29, 1.82) is 0 Å². The monoisotopic (exact) mass is 213 g/mol. The maximum absolute atomic E-state index is 5.94. The van der Waals surface area contributed by atoms with Gasteiger partial charge >= 0.3 is 0 Å². The van der Waals surface area contributed by atoms with Crippen LogP contribution in [0.1, 0.15) is 0 Å². The quantitative estimate of drug-likeness (QED) is 0.700. The molecule has 1 aromatic carbocycles. The van der Waals surface area contributed by atoms with Gasteiger partial charge in [0.15, 0.2) is 5.75 Å². The number of nitrogens with one attached hydrogen (secondary N) is 1. The minimum atomic E-state index is 0.602. The Morgan fingerprint density at radius 1 is 1.46 bits per heavy atom. The summed E-state index contributed by atoms with van der Waals surface area (Å²) in [5, 5.41) is 1.62. The molecular formula is C9H8ClNOS. The third-order valence-electron chi connectivity index (χ3n) is 1.94. The van der Waals surface area contributed by atoms with Crippen LogP contribution in [0.2, 0.25) is 5.02 Å². The Kier molecular flexibility index (Phi) is 2.14. The van der Waals surface area contributed by atoms with Gasteiger partial charge in [0, 0.05) is 16.5 Å². The second-order valence-corrected chi connectivity index (χ2v) is 3.57. The van der Waals surface area contributed by atoms with Crippen LogP contribution >= 0.6 is 24.2 Å². The number of thiol groups is 1. The Hall–Kier alpha value is -0.800. The fourth-order valence-electron chi connectivity index (χ4n) is 1.33. The molecular weight excluding hydrogens is 206 g/mol. The SMILES string of the molecule is COc1c(Cl)ccc2c(S)c[nH]c12. The molecule has 0 radical (unpaired) electrons. The summed E-state index contributed by atoms with van der Waals surface area (Å²) >= 11 is 10.2. The van der Waals surface area contributed by atoms with E-state index in [0.717, 1.165) is 15.8 Å². The van der Waals surface area contributed by atoms with Crippen LogP contribution in [-0.2, 0) is 0 Å². The number of methoxy groups -OCH3 is 1. The van der Waals surface area contributed by atoms with E-state index in [1.807, 2.05) is 12.3 Å². The number of halogens is 1. The Bertz CT molecular complexity index is 452. The van der Waals surface area contributed by atoms with Crippen molar-refractivity contribution in [3.63, 3.8) is 0 Å². The molecule has 2 rings (SSSR count). The third kappa shape index (κ3) is 1.28. The lowest BCUT2D eigenvalue weighted by Gasteiger charge is -2.03. The zero-order chi connectivity index (χ0) is 9.42. The molecule has 13 heavy (non-hydrogen) atoms. The molecule has 0 spiro atoms. The summed E-state index contributed by atoms with van der Waals surface area (Å²) in [6, 6.07) is 3.72. The summed E-state index contributed by atoms with van der Waals surface area (Å²) in [7, 11) is 1.60. The molecule has 2 aromatic rings. The minimum Gasteiger partial charge on any atom is -0.493 e. The summed E-state index contributed by atoms with van der Waals surface area (Å²) in [6.07, 6.45) is 1.81. The van der Waals surface area contributed by atoms with Gasteiger partial charge in [-0.05, 0) is 12.1 Å². The molecule has 68 valence electrons. The average Bonchev–Trinajstić information content (AvgIpc) is 2.48. The lowest BCUT2D eigenvalue weighted by atomic mass is 10.2. The zero-order valence-corrected chi connectivity index (χ0v) is 8.62. The Morgan fingerprint density at radius 3 is 2.92 bits per heavy atom. The van der Waals surface area contributed by atoms with Crippen LogP contribution in [0, 0.1) is 0 Å². The number of benzene rings is 1. The molecule has 0 aliphatic rings. The lowest BCUT2D eigenvalue weighted by molar-refractivity contribution is 0.419. The zero-order valence-electron chi connectivity index (χ0n) is 6.97. The number of rotatable bonds is 1. The van der Waals surface area contributed by atoms with Gasteiger partial charge in [-0.3, -0.25) is 0 Å². The standard InChI is InChI=1S/C9H8ClNOS/c1-12-9-6(10)3-2-5-7(13)4-11-8(5)9/h2-4,11,13H,1H3. The summed E-state index contributed by atoms with van der Waals surface area (Å²) in [4.78, 5) is 3.96. The van der Waals surface area contributed by atoms with Gasteiger partial charge in [-0.25, -0.2) is 0 Å². The first-order valence-electron chi connectivity index (χ1n) is 3.76. The van der Waals surface area contributed by atoms with Crippen LogP contribution < -0.4 is 4.74 Å². The van der Waals surface area contributed by atoms with E-state index in [4.69, 9.17) is 16.3 Å². The van der Waals surface area contributed by atoms with Gasteiger partial charge in [-0.2, -0.15) is 0 Å². The van der Waals surface area contributed by atoms with E-state index < -0.39 is 0 Å². The molecule has 0 bridgehead atoms. The Balaban J connectivity index is 2.85. The first-order valence-corrected chi connectivity index (χ1v) is 4.59. The van der Waals surface area contributed by atoms with E-state index in [2.05, 4.69) is 17.6 Å². The molecule has 4 heteroatoms. The van der Waals surface area contributed by atoms with Crippen molar-refractivity contribution >= 4 is 35.1 Å². The van der Waals surface area contributed by atoms with Crippen molar-refractivity contribution in [2.75, 3.05) is 7.11 Å². The van der Waals surface area contributed by atoms with Gasteiger partial charge in [0.2, 0.25) is 0 Å². The molecule has 0 aliphatic heterocycles. The molecule has 0 fully saturated rings. The largest absolute Gasteiger partial charge is 0.493 e. The Morgan fingerprint density at radius 2 is 2.23 bits per heavy atom. The highest BCUT2D eigenvalue weighted by atomic mass is 35.5. The predicted molar refractivity (Wildman–Crippen MR) is 57.1 cm³/mol. The number of hydrogen-bond acceptors (Lipinski definition) is 2. The number of aromatic nitrogens is 1. The van der Waals surface area contributed by atoms with Crippen molar-refractivity contribution in [3.8, 4) is 5.75 Å². The molecule has 0 unspecified atom stereocenters. The van der Waals surface area contributed by atoms with Gasteiger partial charge < -0.3 is 9.72 Å². The number of aromatic amines is 1. The van der Waals surface area contributed by atoms with E-state index in [9.17, 15) is 0 Å². The van der Waals surface area contributed by atoms with E-state index in [1.165, 1.54) is 0 Å². The number of fused-ring (bicyclic) bond motifs is 1. The van der Waals surface area contributed by atoms with E-state index >= 15 is 0 Å². The molecule has 0 saturated heterocycles. The van der Waals surface area contributed by atoms with Crippen molar-refractivity contribution < 1.29 is 4.74 Å². The number of ether oxygens (including phenoxy) is 1. The topological polar surface area (TPSA) is 25.0 Å². The van der Waals surface area contributed by atoms with Gasteiger partial charge in [-0.15, -0.1) is 12.6 Å². The molecule has 1 heterocycles. The van der Waals surface area contributed by atoms with Crippen LogP contribution in [0.3, 0.4) is 0 Å². The second-order valence-electron chi connectivity index (χ2n) is 2.68. The van der Waals surface area contributed by atoms with Crippen LogP contribution in [0.4, 0.5) is 0 Å². The molecule has 1 aromatic heterocycles. The van der Waals surface area contributed by atoms with E-state index in [-0.39, 0.29) is 0 Å². The average molecular weight is 214 g/mol. The molecule has 0 amide bonds. The van der Waals surface area contributed by atoms with Crippen LogP contribution in [0.25, 0.3) is 10.9 Å². The highest BCUT2D eigenvalue weighted by molar-refractivity contribution is 7.80. The van der Waals surface area contributed by atoms with Gasteiger partial charge in [-0.1, -0.05) is 11.6 Å². The van der Waals surface area contributed by atoms with Gasteiger partial charge in [0.25, 0.3) is 0 Å². The highest BCUT2D eigenvalue weighted by Crippen LogP contribution is 2.34. The molecule has 0 atom stereocenters. The third-order valence-corrected chi connectivity index (χ3v) is 2.61. The van der Waals surface area contributed by atoms with Crippen LogP contribution in [-0.4, -0.2) is 12.1 Å². The molecule has 0 aliphatic carbocycles. The first-order chi connectivity index (χ1) is 6.24. The number of H-pyrrole nitrogens is 1.